The van der Waals surface area contributed by atoms with Crippen molar-refractivity contribution in [3.05, 3.63) is 35.9 Å². The minimum atomic E-state index is 0.853. The van der Waals surface area contributed by atoms with Crippen LogP contribution in [0.4, 0.5) is 5.69 Å². The molecule has 15 heavy (non-hydrogen) atoms. The molecule has 0 aliphatic heterocycles. The number of nitrogens with two attached hydrogens (primary N) is 1. The van der Waals surface area contributed by atoms with Gasteiger partial charge in [0.05, 0.1) is 0 Å². The lowest BCUT2D eigenvalue weighted by Crippen LogP contribution is -1.89. The second-order valence-electron chi connectivity index (χ2n) is 3.89. The lowest BCUT2D eigenvalue weighted by atomic mass is 9.99. The van der Waals surface area contributed by atoms with Gasteiger partial charge in [0.15, 0.2) is 0 Å². The van der Waals surface area contributed by atoms with Crippen molar-refractivity contribution in [2.24, 2.45) is 0 Å². The van der Waals surface area contributed by atoms with Crippen molar-refractivity contribution >= 4 is 11.3 Å². The van der Waals surface area contributed by atoms with E-state index in [2.05, 4.69) is 32.1 Å². The van der Waals surface area contributed by atoms with E-state index in [1.807, 2.05) is 12.1 Å². The quantitative estimate of drug-likeness (QED) is 0.711. The largest absolute Gasteiger partial charge is 0.399 e. The van der Waals surface area contributed by atoms with E-state index in [1.165, 1.54) is 24.0 Å². The van der Waals surface area contributed by atoms with Crippen molar-refractivity contribution in [3.8, 4) is 0 Å². The Morgan fingerprint density at radius 3 is 2.67 bits per heavy atom. The molecular formula is C14H21N. The average Bonchev–Trinajstić information content (AvgIpc) is 2.24. The van der Waals surface area contributed by atoms with Gasteiger partial charge < -0.3 is 5.73 Å². The monoisotopic (exact) mass is 203 g/mol. The van der Waals surface area contributed by atoms with Crippen molar-refractivity contribution in [3.63, 3.8) is 0 Å². The van der Waals surface area contributed by atoms with E-state index in [4.69, 9.17) is 5.73 Å². The van der Waals surface area contributed by atoms with Gasteiger partial charge in [0, 0.05) is 5.69 Å². The van der Waals surface area contributed by atoms with Crippen LogP contribution in [0.2, 0.25) is 0 Å². The Labute approximate surface area is 93.0 Å². The molecule has 0 heterocycles. The van der Waals surface area contributed by atoms with Crippen LogP contribution in [-0.2, 0) is 0 Å². The summed E-state index contributed by atoms with van der Waals surface area (Å²) in [6.45, 7) is 4.42. The third-order valence-electron chi connectivity index (χ3n) is 2.46. The van der Waals surface area contributed by atoms with Crippen molar-refractivity contribution in [1.82, 2.24) is 0 Å². The number of hydrogen-bond donors (Lipinski definition) is 1. The van der Waals surface area contributed by atoms with Crippen LogP contribution in [0.15, 0.2) is 30.3 Å². The molecule has 0 aliphatic carbocycles. The van der Waals surface area contributed by atoms with E-state index in [1.54, 1.807) is 0 Å². The molecule has 0 fully saturated rings. The number of unbranched alkanes of at least 4 members (excludes halogenated alkanes) is 1. The van der Waals surface area contributed by atoms with Crippen molar-refractivity contribution in [2.75, 3.05) is 5.73 Å². The molecule has 0 radical (unpaired) electrons. The highest BCUT2D eigenvalue weighted by atomic mass is 14.5. The molecule has 0 aliphatic rings. The Hall–Kier alpha value is -1.24. The third-order valence-corrected chi connectivity index (χ3v) is 2.46. The van der Waals surface area contributed by atoms with E-state index in [-0.39, 0.29) is 0 Å². The highest BCUT2D eigenvalue weighted by Gasteiger charge is 2.00. The first-order valence-electron chi connectivity index (χ1n) is 5.82. The first-order valence-corrected chi connectivity index (χ1v) is 5.82. The van der Waals surface area contributed by atoms with Gasteiger partial charge >= 0.3 is 0 Å². The van der Waals surface area contributed by atoms with E-state index >= 15 is 0 Å². The predicted molar refractivity (Wildman–Crippen MR) is 68.6 cm³/mol. The Balaban J connectivity index is 2.88. The van der Waals surface area contributed by atoms with E-state index in [9.17, 15) is 0 Å². The first-order chi connectivity index (χ1) is 7.27. The molecule has 82 valence electrons. The fraction of sp³-hybridized carbons (Fsp3) is 0.429. The zero-order chi connectivity index (χ0) is 11.1. The first kappa shape index (κ1) is 11.8. The smallest absolute Gasteiger partial charge is 0.0320 e. The molecule has 0 atom stereocenters. The van der Waals surface area contributed by atoms with Crippen LogP contribution in [-0.4, -0.2) is 0 Å². The lowest BCUT2D eigenvalue weighted by molar-refractivity contribution is 0.933. The van der Waals surface area contributed by atoms with Crippen LogP contribution in [0.3, 0.4) is 0 Å². The number of nitrogen functional groups attached to an aromatic ring is 1. The number of rotatable bonds is 5. The van der Waals surface area contributed by atoms with Crippen LogP contribution in [0, 0.1) is 0 Å². The number of anilines is 1. The highest BCUT2D eigenvalue weighted by molar-refractivity contribution is 5.68. The van der Waals surface area contributed by atoms with Gasteiger partial charge in [-0.05, 0) is 36.1 Å². The minimum Gasteiger partial charge on any atom is -0.399 e. The summed E-state index contributed by atoms with van der Waals surface area (Å²) in [6.07, 6.45) is 7.03. The van der Waals surface area contributed by atoms with Gasteiger partial charge in [-0.25, -0.2) is 0 Å². The van der Waals surface area contributed by atoms with Crippen molar-refractivity contribution < 1.29 is 0 Å². The topological polar surface area (TPSA) is 26.0 Å². The zero-order valence-corrected chi connectivity index (χ0v) is 9.79. The van der Waals surface area contributed by atoms with Gasteiger partial charge in [0.25, 0.3) is 0 Å². The molecule has 1 aromatic rings. The number of allylic oxidation sites excluding steroid dienone is 2. The van der Waals surface area contributed by atoms with E-state index in [0.29, 0.717) is 0 Å². The van der Waals surface area contributed by atoms with Crippen LogP contribution < -0.4 is 5.73 Å². The van der Waals surface area contributed by atoms with Gasteiger partial charge in [-0.3, -0.25) is 0 Å². The van der Waals surface area contributed by atoms with Gasteiger partial charge in [-0.2, -0.15) is 0 Å². The van der Waals surface area contributed by atoms with Gasteiger partial charge in [0.2, 0.25) is 0 Å². The molecule has 1 rings (SSSR count). The Bertz CT molecular complexity index is 326. The number of benzene rings is 1. The molecular weight excluding hydrogens is 182 g/mol. The molecule has 0 aromatic heterocycles. The maximum absolute atomic E-state index is 5.79. The van der Waals surface area contributed by atoms with Crippen molar-refractivity contribution in [1.29, 1.82) is 0 Å². The number of hydrogen-bond acceptors (Lipinski definition) is 1. The van der Waals surface area contributed by atoms with Crippen LogP contribution in [0.25, 0.3) is 5.57 Å². The van der Waals surface area contributed by atoms with E-state index < -0.39 is 0 Å². The maximum atomic E-state index is 5.79. The predicted octanol–water partition coefficient (Wildman–Crippen LogP) is 4.25. The summed E-state index contributed by atoms with van der Waals surface area (Å²) < 4.78 is 0. The molecule has 0 saturated carbocycles. The van der Waals surface area contributed by atoms with Crippen LogP contribution in [0.5, 0.6) is 0 Å². The SMILES string of the molecule is CCC/C=C(/CCC)c1cccc(N)c1. The lowest BCUT2D eigenvalue weighted by Gasteiger charge is -2.07. The second kappa shape index (κ2) is 6.28. The van der Waals surface area contributed by atoms with Crippen LogP contribution in [0.1, 0.15) is 45.1 Å². The van der Waals surface area contributed by atoms with Gasteiger partial charge in [-0.15, -0.1) is 0 Å². The summed E-state index contributed by atoms with van der Waals surface area (Å²) in [5.41, 5.74) is 9.37. The van der Waals surface area contributed by atoms with Gasteiger partial charge in [0.1, 0.15) is 0 Å². The average molecular weight is 203 g/mol. The molecule has 1 nitrogen and oxygen atoms in total. The highest BCUT2D eigenvalue weighted by Crippen LogP contribution is 2.22. The summed E-state index contributed by atoms with van der Waals surface area (Å²) in [7, 11) is 0. The van der Waals surface area contributed by atoms with Crippen molar-refractivity contribution in [2.45, 2.75) is 39.5 Å². The fourth-order valence-corrected chi connectivity index (χ4v) is 1.69. The summed E-state index contributed by atoms with van der Waals surface area (Å²) >= 11 is 0. The summed E-state index contributed by atoms with van der Waals surface area (Å²) in [6, 6.07) is 8.18. The van der Waals surface area contributed by atoms with Crippen LogP contribution >= 0.6 is 0 Å². The summed E-state index contributed by atoms with van der Waals surface area (Å²) in [5.74, 6) is 0. The Morgan fingerprint density at radius 2 is 2.07 bits per heavy atom. The molecule has 0 unspecified atom stereocenters. The normalized spacial score (nSPS) is 11.7. The summed E-state index contributed by atoms with van der Waals surface area (Å²) in [4.78, 5) is 0. The molecule has 1 heteroatoms. The molecule has 0 spiro atoms. The Kier molecular flexibility index (Phi) is 4.96. The minimum absolute atomic E-state index is 0.853. The van der Waals surface area contributed by atoms with Gasteiger partial charge in [-0.1, -0.05) is 44.9 Å². The second-order valence-corrected chi connectivity index (χ2v) is 3.89. The molecule has 1 aromatic carbocycles. The molecule has 0 saturated heterocycles. The molecule has 2 N–H and O–H groups in total. The van der Waals surface area contributed by atoms with E-state index in [0.717, 1.165) is 18.5 Å². The zero-order valence-electron chi connectivity index (χ0n) is 9.79. The fourth-order valence-electron chi connectivity index (χ4n) is 1.69. The maximum Gasteiger partial charge on any atom is 0.0320 e. The standard InChI is InChI=1S/C14H21N/c1-3-5-8-12(7-4-2)13-9-6-10-14(15)11-13/h6,8-11H,3-5,7,15H2,1-2H3/b12-8-. The Morgan fingerprint density at radius 1 is 1.27 bits per heavy atom. The molecule has 0 amide bonds. The summed E-state index contributed by atoms with van der Waals surface area (Å²) in [5, 5.41) is 0. The molecule has 0 bridgehead atoms. The third kappa shape index (κ3) is 3.78.